The molecule has 5 rings (SSSR count). The summed E-state index contributed by atoms with van der Waals surface area (Å²) < 4.78 is 28.1. The average molecular weight is 485 g/mol. The minimum atomic E-state index is -4.26. The van der Waals surface area contributed by atoms with Gasteiger partial charge in [0.2, 0.25) is 0 Å². The Kier molecular flexibility index (Phi) is 5.06. The van der Waals surface area contributed by atoms with E-state index in [0.29, 0.717) is 29.4 Å². The first kappa shape index (κ1) is 21.4. The zero-order valence-corrected chi connectivity index (χ0v) is 18.7. The normalized spacial score (nSPS) is 16.5. The Morgan fingerprint density at radius 1 is 1.00 bits per heavy atom. The third kappa shape index (κ3) is 3.51. The van der Waals surface area contributed by atoms with Gasteiger partial charge < -0.3 is 0 Å². The Balaban J connectivity index is 1.48. The molecule has 9 nitrogen and oxygen atoms in total. The van der Waals surface area contributed by atoms with Crippen LogP contribution in [0.4, 0.5) is 10.5 Å². The van der Waals surface area contributed by atoms with E-state index in [-0.39, 0.29) is 32.9 Å². The molecule has 0 radical (unpaired) electrons. The molecule has 2 heterocycles. The van der Waals surface area contributed by atoms with Crippen LogP contribution < -0.4 is 9.62 Å². The van der Waals surface area contributed by atoms with Gasteiger partial charge in [0.1, 0.15) is 4.90 Å². The molecular weight excluding hydrogens is 468 g/mol. The number of nitrogens with one attached hydrogen (secondary N) is 1. The number of halogens is 1. The van der Waals surface area contributed by atoms with Crippen LogP contribution in [0.25, 0.3) is 10.9 Å². The van der Waals surface area contributed by atoms with Crippen molar-refractivity contribution in [2.45, 2.75) is 30.6 Å². The molecule has 168 valence electrons. The lowest BCUT2D eigenvalue weighted by Gasteiger charge is -2.15. The first-order valence-electron chi connectivity index (χ1n) is 10.2. The van der Waals surface area contributed by atoms with Gasteiger partial charge >= 0.3 is 6.03 Å². The average Bonchev–Trinajstić information content (AvgIpc) is 3.32. The Morgan fingerprint density at radius 2 is 1.67 bits per heavy atom. The lowest BCUT2D eigenvalue weighted by atomic mass is 9.93. The van der Waals surface area contributed by atoms with E-state index in [1.807, 2.05) is 4.72 Å². The molecule has 11 heteroatoms. The number of fused-ring (bicyclic) bond motifs is 1. The zero-order chi connectivity index (χ0) is 23.3. The molecule has 0 fully saturated rings. The molecule has 0 saturated heterocycles. The molecule has 3 amide bonds. The van der Waals surface area contributed by atoms with E-state index in [1.54, 1.807) is 18.2 Å². The first-order valence-corrected chi connectivity index (χ1v) is 12.0. The van der Waals surface area contributed by atoms with Gasteiger partial charge in [0.05, 0.1) is 22.4 Å². The van der Waals surface area contributed by atoms with Crippen molar-refractivity contribution in [2.75, 3.05) is 4.90 Å². The van der Waals surface area contributed by atoms with Crippen molar-refractivity contribution >= 4 is 56.1 Å². The second-order valence-corrected chi connectivity index (χ2v) is 9.81. The smallest absolute Gasteiger partial charge is 0.269 e. The number of benzene rings is 2. The SMILES string of the molecule is O=C1C2=C(CCCC2)C(=O)N1c1ccc2cnn(C(=O)NS(=O)(=O)c3ccccc3Cl)c2c1. The fourth-order valence-electron chi connectivity index (χ4n) is 4.16. The molecule has 0 atom stereocenters. The van der Waals surface area contributed by atoms with Gasteiger partial charge in [-0.15, -0.1) is 0 Å². The minimum absolute atomic E-state index is 0.0343. The number of rotatable bonds is 3. The van der Waals surface area contributed by atoms with E-state index in [4.69, 9.17) is 11.6 Å². The van der Waals surface area contributed by atoms with Crippen LogP contribution in [0.1, 0.15) is 25.7 Å². The van der Waals surface area contributed by atoms with Crippen LogP contribution in [-0.4, -0.2) is 36.0 Å². The van der Waals surface area contributed by atoms with Crippen LogP contribution in [0.5, 0.6) is 0 Å². The molecule has 2 aromatic carbocycles. The highest BCUT2D eigenvalue weighted by atomic mass is 35.5. The number of carbonyl (C=O) groups excluding carboxylic acids is 3. The Hall–Kier alpha value is -3.50. The lowest BCUT2D eigenvalue weighted by Crippen LogP contribution is -2.35. The molecule has 0 spiro atoms. The van der Waals surface area contributed by atoms with Crippen molar-refractivity contribution in [3.8, 4) is 0 Å². The molecule has 1 N–H and O–H groups in total. The van der Waals surface area contributed by atoms with Crippen LogP contribution in [0.2, 0.25) is 5.02 Å². The van der Waals surface area contributed by atoms with Crippen LogP contribution in [0, 0.1) is 0 Å². The fourth-order valence-corrected chi connectivity index (χ4v) is 5.61. The van der Waals surface area contributed by atoms with Crippen molar-refractivity contribution in [1.29, 1.82) is 0 Å². The largest absolute Gasteiger partial charge is 0.356 e. The Labute approximate surface area is 193 Å². The van der Waals surface area contributed by atoms with Crippen molar-refractivity contribution in [1.82, 2.24) is 14.5 Å². The van der Waals surface area contributed by atoms with Gasteiger partial charge in [-0.05, 0) is 56.0 Å². The molecule has 0 unspecified atom stereocenters. The number of aromatic nitrogens is 2. The van der Waals surface area contributed by atoms with E-state index < -0.39 is 16.1 Å². The second-order valence-electron chi connectivity index (χ2n) is 7.75. The maximum Gasteiger partial charge on any atom is 0.356 e. The van der Waals surface area contributed by atoms with Gasteiger partial charge in [0.25, 0.3) is 21.8 Å². The van der Waals surface area contributed by atoms with Gasteiger partial charge in [-0.2, -0.15) is 9.78 Å². The van der Waals surface area contributed by atoms with Crippen LogP contribution in [-0.2, 0) is 19.6 Å². The summed E-state index contributed by atoms with van der Waals surface area (Å²) >= 11 is 5.96. The van der Waals surface area contributed by atoms with E-state index in [1.165, 1.54) is 30.5 Å². The summed E-state index contributed by atoms with van der Waals surface area (Å²) in [6, 6.07) is 9.38. The van der Waals surface area contributed by atoms with Gasteiger partial charge in [-0.3, -0.25) is 9.59 Å². The summed E-state index contributed by atoms with van der Waals surface area (Å²) in [7, 11) is -4.26. The summed E-state index contributed by atoms with van der Waals surface area (Å²) in [5.74, 6) is -0.711. The number of amides is 3. The topological polar surface area (TPSA) is 118 Å². The second kappa shape index (κ2) is 7.82. The number of imide groups is 1. The van der Waals surface area contributed by atoms with Crippen molar-refractivity contribution in [3.63, 3.8) is 0 Å². The number of sulfonamides is 1. The number of nitrogens with zero attached hydrogens (tertiary/aromatic N) is 3. The standard InChI is InChI=1S/C22H17ClN4O5S/c23-17-7-3-4-8-19(17)33(31,32)25-22(30)27-18-11-14(10-9-13(18)12-24-27)26-20(28)15-5-1-2-6-16(15)21(26)29/h3-4,7-12H,1-2,5-6H2,(H,25,30). The predicted octanol–water partition coefficient (Wildman–Crippen LogP) is 3.38. The number of anilines is 1. The molecule has 3 aromatic rings. The van der Waals surface area contributed by atoms with E-state index in [2.05, 4.69) is 5.10 Å². The molecule has 33 heavy (non-hydrogen) atoms. The maximum absolute atomic E-state index is 12.9. The highest BCUT2D eigenvalue weighted by Gasteiger charge is 2.39. The highest BCUT2D eigenvalue weighted by Crippen LogP contribution is 2.36. The zero-order valence-electron chi connectivity index (χ0n) is 17.1. The quantitative estimate of drug-likeness (QED) is 0.569. The summed E-state index contributed by atoms with van der Waals surface area (Å²) in [5, 5.41) is 4.48. The molecular formula is C22H17ClN4O5S. The highest BCUT2D eigenvalue weighted by molar-refractivity contribution is 7.90. The van der Waals surface area contributed by atoms with Crippen molar-refractivity contribution in [3.05, 3.63) is 64.8 Å². The molecule has 1 aliphatic heterocycles. The van der Waals surface area contributed by atoms with Crippen LogP contribution in [0.15, 0.2) is 64.7 Å². The van der Waals surface area contributed by atoms with E-state index in [9.17, 15) is 22.8 Å². The van der Waals surface area contributed by atoms with Gasteiger partial charge in [0, 0.05) is 16.5 Å². The summed E-state index contributed by atoms with van der Waals surface area (Å²) in [6.07, 6.45) is 4.24. The summed E-state index contributed by atoms with van der Waals surface area (Å²) in [5.41, 5.74) is 1.62. The monoisotopic (exact) mass is 484 g/mol. The Morgan fingerprint density at radius 3 is 2.33 bits per heavy atom. The van der Waals surface area contributed by atoms with Gasteiger partial charge in [0.15, 0.2) is 0 Å². The fraction of sp³-hybridized carbons (Fsp3) is 0.182. The molecule has 0 bridgehead atoms. The molecule has 0 saturated carbocycles. The van der Waals surface area contributed by atoms with Crippen molar-refractivity contribution < 1.29 is 22.8 Å². The number of carbonyl (C=O) groups is 3. The maximum atomic E-state index is 12.9. The number of hydrogen-bond acceptors (Lipinski definition) is 6. The van der Waals surface area contributed by atoms with Gasteiger partial charge in [-0.25, -0.2) is 22.8 Å². The molecule has 1 aliphatic carbocycles. The van der Waals surface area contributed by atoms with Crippen LogP contribution >= 0.6 is 11.6 Å². The van der Waals surface area contributed by atoms with E-state index in [0.717, 1.165) is 22.4 Å². The van der Waals surface area contributed by atoms with Crippen LogP contribution in [0.3, 0.4) is 0 Å². The van der Waals surface area contributed by atoms with E-state index >= 15 is 0 Å². The third-order valence-corrected chi connectivity index (χ3v) is 7.56. The number of hydrogen-bond donors (Lipinski definition) is 1. The first-order chi connectivity index (χ1) is 15.8. The predicted molar refractivity (Wildman–Crippen MR) is 120 cm³/mol. The summed E-state index contributed by atoms with van der Waals surface area (Å²) in [4.78, 5) is 39.4. The summed E-state index contributed by atoms with van der Waals surface area (Å²) in [6.45, 7) is 0. The van der Waals surface area contributed by atoms with Gasteiger partial charge in [-0.1, -0.05) is 23.7 Å². The third-order valence-electron chi connectivity index (χ3n) is 5.74. The lowest BCUT2D eigenvalue weighted by molar-refractivity contribution is -0.120. The van der Waals surface area contributed by atoms with Crippen molar-refractivity contribution in [2.24, 2.45) is 0 Å². The molecule has 2 aliphatic rings. The minimum Gasteiger partial charge on any atom is -0.269 e. The Bertz CT molecular complexity index is 1460. The molecule has 1 aromatic heterocycles.